The zero-order valence-electron chi connectivity index (χ0n) is 14.5. The van der Waals surface area contributed by atoms with E-state index in [1.807, 2.05) is 56.3 Å². The van der Waals surface area contributed by atoms with Gasteiger partial charge < -0.3 is 14.9 Å². The molecule has 5 nitrogen and oxygen atoms in total. The molecule has 2 aromatic carbocycles. The molecule has 0 spiro atoms. The summed E-state index contributed by atoms with van der Waals surface area (Å²) in [7, 11) is -2.86. The highest BCUT2D eigenvalue weighted by Gasteiger charge is 2.25. The van der Waals surface area contributed by atoms with Gasteiger partial charge in [0.2, 0.25) is 7.37 Å². The molecule has 0 saturated heterocycles. The van der Waals surface area contributed by atoms with Gasteiger partial charge >= 0.3 is 6.09 Å². The van der Waals surface area contributed by atoms with Crippen LogP contribution < -0.4 is 10.6 Å². The number of carboxylic acid groups (broad SMARTS) is 1. The van der Waals surface area contributed by atoms with E-state index in [4.69, 9.17) is 9.63 Å². The van der Waals surface area contributed by atoms with Gasteiger partial charge in [0.15, 0.2) is 0 Å². The second kappa shape index (κ2) is 8.84. The third-order valence-electron chi connectivity index (χ3n) is 3.88. The summed E-state index contributed by atoms with van der Waals surface area (Å²) in [5.41, 5.74) is 1.64. The Morgan fingerprint density at radius 2 is 1.68 bits per heavy atom. The van der Waals surface area contributed by atoms with Crippen molar-refractivity contribution in [3.8, 4) is 0 Å². The van der Waals surface area contributed by atoms with Crippen LogP contribution in [0.2, 0.25) is 0 Å². The van der Waals surface area contributed by atoms with Gasteiger partial charge in [-0.25, -0.2) is 4.79 Å². The summed E-state index contributed by atoms with van der Waals surface area (Å²) in [6, 6.07) is 16.1. The molecule has 25 heavy (non-hydrogen) atoms. The maximum absolute atomic E-state index is 13.0. The van der Waals surface area contributed by atoms with Crippen molar-refractivity contribution in [2.75, 3.05) is 12.8 Å². The van der Waals surface area contributed by atoms with E-state index >= 15 is 0 Å². The van der Waals surface area contributed by atoms with Gasteiger partial charge in [0.25, 0.3) is 0 Å². The number of rotatable bonds is 8. The van der Waals surface area contributed by atoms with Crippen LogP contribution in [0.1, 0.15) is 37.4 Å². The first-order valence-corrected chi connectivity index (χ1v) is 10.2. The largest absolute Gasteiger partial charge is 0.465 e. The van der Waals surface area contributed by atoms with E-state index in [0.29, 0.717) is 18.1 Å². The molecule has 2 atom stereocenters. The molecular formula is C19H24NO4P. The van der Waals surface area contributed by atoms with Crippen molar-refractivity contribution in [1.82, 2.24) is 5.32 Å². The second-order valence-electron chi connectivity index (χ2n) is 5.70. The molecule has 0 fully saturated rings. The Hall–Kier alpha value is -2.10. The summed E-state index contributed by atoms with van der Waals surface area (Å²) in [5, 5.41) is 12.4. The molecule has 2 N–H and O–H groups in total. The molecule has 0 aliphatic rings. The Balaban J connectivity index is 2.35. The Bertz CT molecular complexity index is 721. The normalized spacial score (nSPS) is 14.5. The third kappa shape index (κ3) is 4.94. The minimum Gasteiger partial charge on any atom is -0.465 e. The number of amides is 1. The van der Waals surface area contributed by atoms with Gasteiger partial charge in [0, 0.05) is 11.5 Å². The van der Waals surface area contributed by atoms with Crippen LogP contribution in [0.15, 0.2) is 54.6 Å². The van der Waals surface area contributed by atoms with Crippen molar-refractivity contribution in [3.63, 3.8) is 0 Å². The highest BCUT2D eigenvalue weighted by Crippen LogP contribution is 2.46. The molecule has 2 unspecified atom stereocenters. The lowest BCUT2D eigenvalue weighted by atomic mass is 9.99. The standard InChI is InChI=1S/C19H24NO4P/c1-3-14-25(23,24-4-2)17-12-10-16(11-13-17)18(20-19(21)22)15-8-6-5-7-9-15/h5-13,18,20H,3-4,14H2,1-2H3,(H,21,22). The minimum atomic E-state index is -2.86. The molecule has 0 radical (unpaired) electrons. The van der Waals surface area contributed by atoms with E-state index in [1.165, 1.54) is 0 Å². The molecule has 0 bridgehead atoms. The summed E-state index contributed by atoms with van der Waals surface area (Å²) < 4.78 is 18.6. The fourth-order valence-corrected chi connectivity index (χ4v) is 4.94. The molecule has 0 saturated carbocycles. The zero-order valence-corrected chi connectivity index (χ0v) is 15.4. The van der Waals surface area contributed by atoms with E-state index < -0.39 is 19.5 Å². The van der Waals surface area contributed by atoms with Gasteiger partial charge in [0.1, 0.15) is 0 Å². The van der Waals surface area contributed by atoms with E-state index in [-0.39, 0.29) is 0 Å². The van der Waals surface area contributed by atoms with Gasteiger partial charge in [0.05, 0.1) is 12.6 Å². The summed E-state index contributed by atoms with van der Waals surface area (Å²) in [5.74, 6) is 0. The lowest BCUT2D eigenvalue weighted by Crippen LogP contribution is -2.27. The summed E-state index contributed by atoms with van der Waals surface area (Å²) in [6.45, 7) is 4.20. The molecule has 2 aromatic rings. The molecule has 0 heterocycles. The van der Waals surface area contributed by atoms with E-state index in [1.54, 1.807) is 12.1 Å². The van der Waals surface area contributed by atoms with Crippen LogP contribution in [0.5, 0.6) is 0 Å². The van der Waals surface area contributed by atoms with Gasteiger partial charge in [-0.2, -0.15) is 0 Å². The second-order valence-corrected chi connectivity index (χ2v) is 8.27. The van der Waals surface area contributed by atoms with E-state index in [9.17, 15) is 9.36 Å². The molecule has 0 aliphatic heterocycles. The van der Waals surface area contributed by atoms with E-state index in [2.05, 4.69) is 5.32 Å². The number of hydrogen-bond acceptors (Lipinski definition) is 3. The maximum atomic E-state index is 13.0. The highest BCUT2D eigenvalue weighted by molar-refractivity contribution is 7.67. The lowest BCUT2D eigenvalue weighted by Gasteiger charge is -2.21. The maximum Gasteiger partial charge on any atom is 0.405 e. The van der Waals surface area contributed by atoms with Crippen LogP contribution >= 0.6 is 7.37 Å². The monoisotopic (exact) mass is 361 g/mol. The van der Waals surface area contributed by atoms with Crippen molar-refractivity contribution in [1.29, 1.82) is 0 Å². The molecule has 6 heteroatoms. The smallest absolute Gasteiger partial charge is 0.405 e. The Labute approximate surface area is 148 Å². The summed E-state index contributed by atoms with van der Waals surface area (Å²) in [6.07, 6.45) is 0.172. The topological polar surface area (TPSA) is 75.6 Å². The van der Waals surface area contributed by atoms with E-state index in [0.717, 1.165) is 17.5 Å². The first kappa shape index (κ1) is 19.2. The van der Waals surface area contributed by atoms with Crippen LogP contribution in [0.25, 0.3) is 0 Å². The Morgan fingerprint density at radius 1 is 1.08 bits per heavy atom. The summed E-state index contributed by atoms with van der Waals surface area (Å²) >= 11 is 0. The highest BCUT2D eigenvalue weighted by atomic mass is 31.2. The average molecular weight is 361 g/mol. The van der Waals surface area contributed by atoms with Gasteiger partial charge in [-0.05, 0) is 36.6 Å². The molecule has 2 rings (SSSR count). The average Bonchev–Trinajstić information content (AvgIpc) is 2.61. The van der Waals surface area contributed by atoms with Crippen LogP contribution in [-0.2, 0) is 9.09 Å². The van der Waals surface area contributed by atoms with Gasteiger partial charge in [-0.1, -0.05) is 49.4 Å². The molecular weight excluding hydrogens is 337 g/mol. The molecule has 134 valence electrons. The number of benzene rings is 2. The van der Waals surface area contributed by atoms with Crippen LogP contribution in [0, 0.1) is 0 Å². The molecule has 0 aromatic heterocycles. The van der Waals surface area contributed by atoms with Crippen molar-refractivity contribution in [2.24, 2.45) is 0 Å². The summed E-state index contributed by atoms with van der Waals surface area (Å²) in [4.78, 5) is 11.2. The first-order valence-electron chi connectivity index (χ1n) is 8.38. The van der Waals surface area contributed by atoms with Crippen molar-refractivity contribution >= 4 is 18.8 Å². The molecule has 0 aliphatic carbocycles. The zero-order chi connectivity index (χ0) is 18.3. The van der Waals surface area contributed by atoms with Crippen LogP contribution in [0.4, 0.5) is 4.79 Å². The fraction of sp³-hybridized carbons (Fsp3) is 0.316. The quantitative estimate of drug-likeness (QED) is 0.684. The van der Waals surface area contributed by atoms with Gasteiger partial charge in [-0.3, -0.25) is 4.57 Å². The molecule has 1 amide bonds. The first-order chi connectivity index (χ1) is 12.0. The fourth-order valence-electron chi connectivity index (χ4n) is 2.79. The van der Waals surface area contributed by atoms with Crippen molar-refractivity contribution in [3.05, 3.63) is 65.7 Å². The number of hydrogen-bond donors (Lipinski definition) is 2. The van der Waals surface area contributed by atoms with Crippen molar-refractivity contribution in [2.45, 2.75) is 26.3 Å². The third-order valence-corrected chi connectivity index (χ3v) is 6.67. The van der Waals surface area contributed by atoms with Crippen LogP contribution in [-0.4, -0.2) is 24.0 Å². The minimum absolute atomic E-state index is 0.395. The Morgan fingerprint density at radius 3 is 2.20 bits per heavy atom. The van der Waals surface area contributed by atoms with Crippen molar-refractivity contribution < 1.29 is 19.0 Å². The van der Waals surface area contributed by atoms with Crippen LogP contribution in [0.3, 0.4) is 0 Å². The predicted molar refractivity (Wildman–Crippen MR) is 99.9 cm³/mol. The number of carbonyl (C=O) groups is 1. The predicted octanol–water partition coefficient (Wildman–Crippen LogP) is 4.39. The SMILES string of the molecule is CCCP(=O)(OCC)c1ccc(C(NC(=O)O)c2ccccc2)cc1. The van der Waals surface area contributed by atoms with Gasteiger partial charge in [-0.15, -0.1) is 0 Å². The Kier molecular flexibility index (Phi) is 6.80. The number of nitrogens with one attached hydrogen (secondary N) is 1. The lowest BCUT2D eigenvalue weighted by molar-refractivity contribution is 0.191.